The van der Waals surface area contributed by atoms with Crippen LogP contribution in [0.2, 0.25) is 0 Å². The van der Waals surface area contributed by atoms with Crippen LogP contribution in [0.15, 0.2) is 60.0 Å². The van der Waals surface area contributed by atoms with Gasteiger partial charge in [0.2, 0.25) is 0 Å². The van der Waals surface area contributed by atoms with Gasteiger partial charge in [0.15, 0.2) is 11.9 Å². The van der Waals surface area contributed by atoms with Crippen molar-refractivity contribution in [2.45, 2.75) is 36.4 Å². The predicted molar refractivity (Wildman–Crippen MR) is 111 cm³/mol. The van der Waals surface area contributed by atoms with Gasteiger partial charge in [-0.25, -0.2) is 15.0 Å². The Morgan fingerprint density at radius 1 is 1.03 bits per heavy atom. The van der Waals surface area contributed by atoms with Gasteiger partial charge in [-0.15, -0.1) is 11.8 Å². The molecule has 2 aromatic heterocycles. The smallest absolute Gasteiger partial charge is 0.165 e. The normalized spacial score (nSPS) is 24.5. The Hall–Kier alpha value is -2.52. The van der Waals surface area contributed by atoms with Crippen LogP contribution >= 0.6 is 11.8 Å². The van der Waals surface area contributed by atoms with Gasteiger partial charge in [-0.3, -0.25) is 4.57 Å². The number of ether oxygens (including phenoxy) is 1. The van der Waals surface area contributed by atoms with E-state index < -0.39 is 24.5 Å². The Labute approximate surface area is 171 Å². The fraction of sp³-hybridized carbons (Fsp3) is 0.286. The molecule has 3 heterocycles. The van der Waals surface area contributed by atoms with Crippen molar-refractivity contribution >= 4 is 33.7 Å². The second-order valence-corrected chi connectivity index (χ2v) is 8.24. The lowest BCUT2D eigenvalue weighted by atomic mass is 10.1. The number of rotatable bonds is 4. The van der Waals surface area contributed by atoms with E-state index in [1.165, 1.54) is 17.1 Å². The summed E-state index contributed by atoms with van der Waals surface area (Å²) in [6.07, 6.45) is -0.275. The zero-order valence-corrected chi connectivity index (χ0v) is 16.5. The minimum absolute atomic E-state index is 0.508. The molecule has 7 nitrogen and oxygen atoms in total. The van der Waals surface area contributed by atoms with Gasteiger partial charge >= 0.3 is 0 Å². The van der Waals surface area contributed by atoms with E-state index in [1.54, 1.807) is 22.7 Å². The predicted octanol–water partition coefficient (Wildman–Crippen LogP) is 2.70. The average Bonchev–Trinajstić information content (AvgIpc) is 3.29. The molecule has 5 rings (SSSR count). The summed E-state index contributed by atoms with van der Waals surface area (Å²) in [6.45, 7) is 1.85. The molecule has 29 heavy (non-hydrogen) atoms. The standard InChI is InChI=1S/C21H20N4O3S/c1-12-17-20(23-10-22-12)25(11-24-17)21-19(27)18(26)16(28-21)9-29-15-7-6-13-4-2-3-5-14(13)8-15/h2-8,10-11,16,18-19,21,26-27H,9H2,1H3/t16-,18-,19-,21-/m1/s1. The van der Waals surface area contributed by atoms with Crippen molar-refractivity contribution < 1.29 is 14.9 Å². The van der Waals surface area contributed by atoms with E-state index in [4.69, 9.17) is 4.74 Å². The number of imidazole rings is 1. The zero-order chi connectivity index (χ0) is 20.0. The largest absolute Gasteiger partial charge is 0.387 e. The maximum Gasteiger partial charge on any atom is 0.165 e. The Balaban J connectivity index is 1.34. The Morgan fingerprint density at radius 3 is 2.72 bits per heavy atom. The quantitative estimate of drug-likeness (QED) is 0.502. The summed E-state index contributed by atoms with van der Waals surface area (Å²) in [7, 11) is 0. The molecule has 1 saturated heterocycles. The lowest BCUT2D eigenvalue weighted by Gasteiger charge is -2.16. The molecule has 2 aromatic carbocycles. The molecule has 8 heteroatoms. The van der Waals surface area contributed by atoms with Crippen LogP contribution in [0.4, 0.5) is 0 Å². The van der Waals surface area contributed by atoms with Crippen molar-refractivity contribution in [1.29, 1.82) is 0 Å². The minimum Gasteiger partial charge on any atom is -0.387 e. The second-order valence-electron chi connectivity index (χ2n) is 7.15. The molecule has 1 aliphatic rings. The number of fused-ring (bicyclic) bond motifs is 2. The van der Waals surface area contributed by atoms with Crippen LogP contribution in [-0.4, -0.2) is 53.8 Å². The first-order valence-electron chi connectivity index (χ1n) is 9.39. The molecule has 0 amide bonds. The lowest BCUT2D eigenvalue weighted by molar-refractivity contribution is -0.0289. The summed E-state index contributed by atoms with van der Waals surface area (Å²) in [5.41, 5.74) is 1.99. The number of nitrogens with zero attached hydrogens (tertiary/aromatic N) is 4. The molecule has 4 atom stereocenters. The first-order valence-corrected chi connectivity index (χ1v) is 10.4. The van der Waals surface area contributed by atoms with Crippen molar-refractivity contribution in [2.75, 3.05) is 5.75 Å². The van der Waals surface area contributed by atoms with E-state index in [1.807, 2.05) is 19.1 Å². The van der Waals surface area contributed by atoms with E-state index >= 15 is 0 Å². The summed E-state index contributed by atoms with van der Waals surface area (Å²) >= 11 is 1.60. The van der Waals surface area contributed by atoms with Crippen molar-refractivity contribution in [1.82, 2.24) is 19.5 Å². The third-order valence-electron chi connectivity index (χ3n) is 5.29. The van der Waals surface area contributed by atoms with Gasteiger partial charge in [-0.1, -0.05) is 30.3 Å². The monoisotopic (exact) mass is 408 g/mol. The summed E-state index contributed by atoms with van der Waals surface area (Å²) in [4.78, 5) is 13.8. The Bertz CT molecular complexity index is 1180. The van der Waals surface area contributed by atoms with E-state index in [0.717, 1.165) is 10.6 Å². The van der Waals surface area contributed by atoms with Gasteiger partial charge in [0.1, 0.15) is 24.1 Å². The van der Waals surface area contributed by atoms with Crippen molar-refractivity contribution in [3.05, 3.63) is 60.8 Å². The molecular formula is C21H20N4O3S. The molecule has 0 spiro atoms. The van der Waals surface area contributed by atoms with E-state index in [0.29, 0.717) is 16.9 Å². The molecule has 1 fully saturated rings. The highest BCUT2D eigenvalue weighted by Crippen LogP contribution is 2.34. The van der Waals surface area contributed by atoms with Crippen LogP contribution in [0.1, 0.15) is 11.9 Å². The highest BCUT2D eigenvalue weighted by Gasteiger charge is 2.44. The molecule has 2 N–H and O–H groups in total. The highest BCUT2D eigenvalue weighted by atomic mass is 32.2. The molecule has 0 bridgehead atoms. The fourth-order valence-electron chi connectivity index (χ4n) is 3.69. The third-order valence-corrected chi connectivity index (χ3v) is 6.37. The molecule has 0 aliphatic carbocycles. The van der Waals surface area contributed by atoms with Crippen molar-refractivity contribution in [3.8, 4) is 0 Å². The fourth-order valence-corrected chi connectivity index (χ4v) is 4.69. The van der Waals surface area contributed by atoms with Crippen LogP contribution in [0, 0.1) is 6.92 Å². The van der Waals surface area contributed by atoms with Crippen LogP contribution in [0.5, 0.6) is 0 Å². The van der Waals surface area contributed by atoms with Crippen LogP contribution in [0.3, 0.4) is 0 Å². The summed E-state index contributed by atoms with van der Waals surface area (Å²) in [6, 6.07) is 14.5. The number of aryl methyl sites for hydroxylation is 1. The summed E-state index contributed by atoms with van der Waals surface area (Å²) < 4.78 is 7.69. The second kappa shape index (κ2) is 7.38. The zero-order valence-electron chi connectivity index (χ0n) is 15.7. The van der Waals surface area contributed by atoms with Gasteiger partial charge in [-0.05, 0) is 29.8 Å². The van der Waals surface area contributed by atoms with E-state index in [9.17, 15) is 10.2 Å². The Kier molecular flexibility index (Phi) is 4.71. The topological polar surface area (TPSA) is 93.3 Å². The number of thioether (sulfide) groups is 1. The van der Waals surface area contributed by atoms with Crippen molar-refractivity contribution in [2.24, 2.45) is 0 Å². The first kappa shape index (κ1) is 18.5. The van der Waals surface area contributed by atoms with Gasteiger partial charge in [0.25, 0.3) is 0 Å². The summed E-state index contributed by atoms with van der Waals surface area (Å²) in [5.74, 6) is 0.522. The SMILES string of the molecule is Cc1ncnc2c1ncn2[C@@H]1O[C@H](CSc2ccc3ccccc3c2)[C@@H](O)[C@H]1O. The number of benzene rings is 2. The van der Waals surface area contributed by atoms with Crippen LogP contribution in [-0.2, 0) is 4.74 Å². The lowest BCUT2D eigenvalue weighted by Crippen LogP contribution is -2.32. The van der Waals surface area contributed by atoms with Gasteiger partial charge in [0, 0.05) is 10.6 Å². The molecule has 0 radical (unpaired) electrons. The maximum absolute atomic E-state index is 10.6. The van der Waals surface area contributed by atoms with Gasteiger partial charge < -0.3 is 14.9 Å². The van der Waals surface area contributed by atoms with Crippen LogP contribution < -0.4 is 0 Å². The molecular weight excluding hydrogens is 388 g/mol. The molecule has 1 aliphatic heterocycles. The molecule has 4 aromatic rings. The maximum atomic E-state index is 10.6. The number of hydrogen-bond donors (Lipinski definition) is 2. The molecule has 148 valence electrons. The average molecular weight is 408 g/mol. The van der Waals surface area contributed by atoms with Gasteiger partial charge in [0.05, 0.1) is 18.1 Å². The number of aliphatic hydroxyl groups is 2. The summed E-state index contributed by atoms with van der Waals surface area (Å²) in [5, 5.41) is 23.5. The number of aromatic nitrogens is 4. The third kappa shape index (κ3) is 3.28. The number of hydrogen-bond acceptors (Lipinski definition) is 7. The van der Waals surface area contributed by atoms with E-state index in [-0.39, 0.29) is 0 Å². The molecule has 0 saturated carbocycles. The first-order chi connectivity index (χ1) is 14.1. The minimum atomic E-state index is -1.06. The Morgan fingerprint density at radius 2 is 1.86 bits per heavy atom. The van der Waals surface area contributed by atoms with Crippen molar-refractivity contribution in [3.63, 3.8) is 0 Å². The highest BCUT2D eigenvalue weighted by molar-refractivity contribution is 7.99. The number of aliphatic hydroxyl groups excluding tert-OH is 2. The van der Waals surface area contributed by atoms with Crippen LogP contribution in [0.25, 0.3) is 21.9 Å². The van der Waals surface area contributed by atoms with Gasteiger partial charge in [-0.2, -0.15) is 0 Å². The molecule has 0 unspecified atom stereocenters. The van der Waals surface area contributed by atoms with E-state index in [2.05, 4.69) is 45.3 Å².